The van der Waals surface area contributed by atoms with E-state index in [1.165, 1.54) is 17.7 Å². The third kappa shape index (κ3) is 4.87. The summed E-state index contributed by atoms with van der Waals surface area (Å²) in [6, 6.07) is 5.93. The van der Waals surface area contributed by atoms with Gasteiger partial charge in [0.15, 0.2) is 0 Å². The highest BCUT2D eigenvalue weighted by Gasteiger charge is 2.35. The molecule has 0 bridgehead atoms. The molecule has 1 N–H and O–H groups in total. The zero-order chi connectivity index (χ0) is 14.5. The summed E-state index contributed by atoms with van der Waals surface area (Å²) < 4.78 is 0. The van der Waals surface area contributed by atoms with E-state index in [-0.39, 0.29) is 0 Å². The lowest BCUT2D eigenvalue weighted by Gasteiger charge is -2.35. The SMILES string of the molecule is CC(C)CNCC(C(C)C)N(Cc1cccs1)C1CC1. The zero-order valence-corrected chi connectivity index (χ0v) is 14.2. The topological polar surface area (TPSA) is 15.3 Å². The molecule has 0 aliphatic heterocycles. The summed E-state index contributed by atoms with van der Waals surface area (Å²) in [6.45, 7) is 12.7. The van der Waals surface area contributed by atoms with Crippen molar-refractivity contribution < 1.29 is 0 Å². The van der Waals surface area contributed by atoms with Crippen LogP contribution in [0.25, 0.3) is 0 Å². The molecular weight excluding hydrogens is 264 g/mol. The number of rotatable bonds is 9. The van der Waals surface area contributed by atoms with E-state index in [1.807, 2.05) is 11.3 Å². The van der Waals surface area contributed by atoms with Gasteiger partial charge in [-0.05, 0) is 42.7 Å². The van der Waals surface area contributed by atoms with E-state index in [2.05, 4.69) is 55.4 Å². The number of nitrogens with zero attached hydrogens (tertiary/aromatic N) is 1. The molecule has 1 aliphatic carbocycles. The summed E-state index contributed by atoms with van der Waals surface area (Å²) in [5, 5.41) is 5.87. The zero-order valence-electron chi connectivity index (χ0n) is 13.4. The minimum absolute atomic E-state index is 0.656. The van der Waals surface area contributed by atoms with Crippen molar-refractivity contribution >= 4 is 11.3 Å². The van der Waals surface area contributed by atoms with E-state index in [4.69, 9.17) is 0 Å². The van der Waals surface area contributed by atoms with Crippen molar-refractivity contribution in [3.05, 3.63) is 22.4 Å². The molecule has 0 saturated heterocycles. The van der Waals surface area contributed by atoms with Crippen LogP contribution in [0, 0.1) is 11.8 Å². The molecule has 20 heavy (non-hydrogen) atoms. The van der Waals surface area contributed by atoms with Gasteiger partial charge in [0.1, 0.15) is 0 Å². The van der Waals surface area contributed by atoms with Gasteiger partial charge in [0.2, 0.25) is 0 Å². The molecule has 2 rings (SSSR count). The van der Waals surface area contributed by atoms with Gasteiger partial charge in [0, 0.05) is 30.1 Å². The monoisotopic (exact) mass is 294 g/mol. The lowest BCUT2D eigenvalue weighted by Crippen LogP contribution is -2.46. The van der Waals surface area contributed by atoms with Crippen molar-refractivity contribution in [2.24, 2.45) is 11.8 Å². The standard InChI is InChI=1S/C17H30N2S/c1-13(2)10-18-11-17(14(3)4)19(15-7-8-15)12-16-6-5-9-20-16/h5-6,9,13-15,17-18H,7-8,10-12H2,1-4H3. The summed E-state index contributed by atoms with van der Waals surface area (Å²) in [5.74, 6) is 1.43. The molecule has 114 valence electrons. The molecule has 1 atom stereocenters. The highest BCUT2D eigenvalue weighted by Crippen LogP contribution is 2.32. The Bertz CT molecular complexity index is 368. The largest absolute Gasteiger partial charge is 0.315 e. The summed E-state index contributed by atoms with van der Waals surface area (Å²) >= 11 is 1.89. The Hall–Kier alpha value is -0.380. The van der Waals surface area contributed by atoms with Crippen LogP contribution in [0.1, 0.15) is 45.4 Å². The van der Waals surface area contributed by atoms with Crippen molar-refractivity contribution in [1.29, 1.82) is 0 Å². The summed E-state index contributed by atoms with van der Waals surface area (Å²) in [4.78, 5) is 4.26. The number of hydrogen-bond acceptors (Lipinski definition) is 3. The van der Waals surface area contributed by atoms with Crippen LogP contribution in [0.2, 0.25) is 0 Å². The molecule has 0 radical (unpaired) electrons. The van der Waals surface area contributed by atoms with Gasteiger partial charge in [0.25, 0.3) is 0 Å². The second-order valence-electron chi connectivity index (χ2n) is 6.85. The average Bonchev–Trinajstić information content (AvgIpc) is 3.09. The van der Waals surface area contributed by atoms with Gasteiger partial charge in [-0.1, -0.05) is 33.8 Å². The van der Waals surface area contributed by atoms with Gasteiger partial charge in [-0.2, -0.15) is 0 Å². The van der Waals surface area contributed by atoms with Gasteiger partial charge >= 0.3 is 0 Å². The van der Waals surface area contributed by atoms with Crippen LogP contribution >= 0.6 is 11.3 Å². The van der Waals surface area contributed by atoms with E-state index in [9.17, 15) is 0 Å². The molecule has 2 nitrogen and oxygen atoms in total. The predicted octanol–water partition coefficient (Wildman–Crippen LogP) is 3.98. The van der Waals surface area contributed by atoms with E-state index in [0.717, 1.165) is 31.6 Å². The summed E-state index contributed by atoms with van der Waals surface area (Å²) in [5.41, 5.74) is 0. The molecular formula is C17H30N2S. The summed E-state index contributed by atoms with van der Waals surface area (Å²) in [6.07, 6.45) is 2.78. The molecule has 1 unspecified atom stereocenters. The molecule has 3 heteroatoms. The Balaban J connectivity index is 1.95. The normalized spacial score (nSPS) is 17.4. The van der Waals surface area contributed by atoms with Crippen LogP contribution < -0.4 is 5.32 Å². The van der Waals surface area contributed by atoms with Gasteiger partial charge in [-0.3, -0.25) is 4.90 Å². The highest BCUT2D eigenvalue weighted by molar-refractivity contribution is 7.09. The van der Waals surface area contributed by atoms with Crippen molar-refractivity contribution in [2.45, 2.75) is 59.2 Å². The first-order chi connectivity index (χ1) is 9.58. The van der Waals surface area contributed by atoms with Crippen molar-refractivity contribution in [3.8, 4) is 0 Å². The Morgan fingerprint density at radius 2 is 2.00 bits per heavy atom. The van der Waals surface area contributed by atoms with Crippen LogP contribution in [0.15, 0.2) is 17.5 Å². The number of nitrogens with one attached hydrogen (secondary N) is 1. The minimum atomic E-state index is 0.656. The smallest absolute Gasteiger partial charge is 0.0334 e. The van der Waals surface area contributed by atoms with Gasteiger partial charge < -0.3 is 5.32 Å². The van der Waals surface area contributed by atoms with Crippen LogP contribution in [-0.2, 0) is 6.54 Å². The molecule has 1 heterocycles. The molecule has 1 fully saturated rings. The number of hydrogen-bond donors (Lipinski definition) is 1. The van der Waals surface area contributed by atoms with Gasteiger partial charge in [-0.25, -0.2) is 0 Å². The van der Waals surface area contributed by atoms with Gasteiger partial charge in [0.05, 0.1) is 0 Å². The molecule has 1 saturated carbocycles. The fraction of sp³-hybridized carbons (Fsp3) is 0.765. The third-order valence-electron chi connectivity index (χ3n) is 4.04. The van der Waals surface area contributed by atoms with Crippen LogP contribution in [0.3, 0.4) is 0 Å². The Morgan fingerprint density at radius 3 is 2.50 bits per heavy atom. The number of thiophene rings is 1. The van der Waals surface area contributed by atoms with Crippen LogP contribution in [0.4, 0.5) is 0 Å². The molecule has 0 spiro atoms. The van der Waals surface area contributed by atoms with Crippen molar-refractivity contribution in [1.82, 2.24) is 10.2 Å². The molecule has 1 aromatic heterocycles. The quantitative estimate of drug-likeness (QED) is 0.741. The third-order valence-corrected chi connectivity index (χ3v) is 4.90. The minimum Gasteiger partial charge on any atom is -0.315 e. The van der Waals surface area contributed by atoms with E-state index in [1.54, 1.807) is 0 Å². The Labute approximate surface area is 128 Å². The molecule has 0 aromatic carbocycles. The maximum Gasteiger partial charge on any atom is 0.0334 e. The Kier molecular flexibility index (Phi) is 6.06. The molecule has 0 amide bonds. The Morgan fingerprint density at radius 1 is 1.25 bits per heavy atom. The molecule has 1 aliphatic rings. The summed E-state index contributed by atoms with van der Waals surface area (Å²) in [7, 11) is 0. The fourth-order valence-corrected chi connectivity index (χ4v) is 3.47. The molecule has 1 aromatic rings. The van der Waals surface area contributed by atoms with Crippen molar-refractivity contribution in [2.75, 3.05) is 13.1 Å². The van der Waals surface area contributed by atoms with E-state index < -0.39 is 0 Å². The van der Waals surface area contributed by atoms with Gasteiger partial charge in [-0.15, -0.1) is 11.3 Å². The average molecular weight is 295 g/mol. The highest BCUT2D eigenvalue weighted by atomic mass is 32.1. The van der Waals surface area contributed by atoms with E-state index >= 15 is 0 Å². The first-order valence-electron chi connectivity index (χ1n) is 8.06. The maximum absolute atomic E-state index is 3.67. The van der Waals surface area contributed by atoms with Crippen molar-refractivity contribution in [3.63, 3.8) is 0 Å². The lowest BCUT2D eigenvalue weighted by atomic mass is 10.0. The van der Waals surface area contributed by atoms with Crippen LogP contribution in [-0.4, -0.2) is 30.1 Å². The van der Waals surface area contributed by atoms with E-state index in [0.29, 0.717) is 12.0 Å². The fourth-order valence-electron chi connectivity index (χ4n) is 2.76. The lowest BCUT2D eigenvalue weighted by molar-refractivity contribution is 0.134. The second kappa shape index (κ2) is 7.58. The maximum atomic E-state index is 3.67. The van der Waals surface area contributed by atoms with Crippen LogP contribution in [0.5, 0.6) is 0 Å². The first-order valence-corrected chi connectivity index (χ1v) is 8.94. The second-order valence-corrected chi connectivity index (χ2v) is 7.88. The predicted molar refractivity (Wildman–Crippen MR) is 89.2 cm³/mol. The first kappa shape index (κ1) is 16.0.